The van der Waals surface area contributed by atoms with Crippen LogP contribution in [0.3, 0.4) is 0 Å². The average Bonchev–Trinajstić information content (AvgIpc) is 3.57. The van der Waals surface area contributed by atoms with E-state index in [9.17, 15) is 13.2 Å². The first-order valence-electron chi connectivity index (χ1n) is 13.7. The van der Waals surface area contributed by atoms with Gasteiger partial charge in [0, 0.05) is 56.0 Å². The average molecular weight is 644 g/mol. The van der Waals surface area contributed by atoms with Crippen LogP contribution in [-0.2, 0) is 29.9 Å². The third-order valence-corrected chi connectivity index (χ3v) is 10.3. The van der Waals surface area contributed by atoms with E-state index in [1.165, 1.54) is 57.6 Å². The molecule has 2 aliphatic rings. The summed E-state index contributed by atoms with van der Waals surface area (Å²) >= 11 is 6.85. The second-order valence-electron chi connectivity index (χ2n) is 10.7. The molecule has 0 aromatic heterocycles. The molecule has 13 heteroatoms. The lowest BCUT2D eigenvalue weighted by molar-refractivity contribution is -0.138. The van der Waals surface area contributed by atoms with Crippen molar-refractivity contribution < 1.29 is 37.0 Å². The van der Waals surface area contributed by atoms with E-state index in [0.29, 0.717) is 22.6 Å². The number of benzene rings is 3. The van der Waals surface area contributed by atoms with Crippen molar-refractivity contribution in [1.82, 2.24) is 9.80 Å². The van der Waals surface area contributed by atoms with Gasteiger partial charge in [-0.15, -0.1) is 0 Å². The summed E-state index contributed by atoms with van der Waals surface area (Å²) in [6.45, 7) is 0.142. The Morgan fingerprint density at radius 1 is 0.932 bits per heavy atom. The highest BCUT2D eigenvalue weighted by Gasteiger charge is 2.64. The lowest BCUT2D eigenvalue weighted by Gasteiger charge is -2.42. The standard InChI is InChI=1S/C31H34ClN3O8S/c1-33(2)29(36)26-16-21(42-5)18-34(26)31(22-9-7-8-10-24(22)32)23-13-11-19(40-3)15-25(23)35(30(31)37)44(38,39)28-14-12-20(41-4)17-27(28)43-6/h7-15,17,21,26H,16,18H2,1-6H3/t21-,26+,31+/m1/s1. The molecule has 3 aromatic rings. The maximum absolute atomic E-state index is 15.3. The SMILES string of the molecule is COc1ccc(S(=O)(=O)N2C(=O)[C@@](c3ccccc3Cl)(N3C[C@H](OC)C[C@H]3C(=O)N(C)C)c3ccc(OC)cc32)c(OC)c1. The van der Waals surface area contributed by atoms with Gasteiger partial charge in [0.25, 0.3) is 15.9 Å². The summed E-state index contributed by atoms with van der Waals surface area (Å²) < 4.78 is 51.9. The Balaban J connectivity index is 1.86. The van der Waals surface area contributed by atoms with Crippen molar-refractivity contribution in [2.24, 2.45) is 0 Å². The maximum atomic E-state index is 15.3. The number of halogens is 1. The van der Waals surface area contributed by atoms with Gasteiger partial charge in [0.1, 0.15) is 22.1 Å². The number of sulfonamides is 1. The molecule has 234 valence electrons. The van der Waals surface area contributed by atoms with Gasteiger partial charge in [0.2, 0.25) is 5.91 Å². The number of fused-ring (bicyclic) bond motifs is 1. The van der Waals surface area contributed by atoms with E-state index in [-0.39, 0.29) is 40.2 Å². The van der Waals surface area contributed by atoms with Crippen molar-refractivity contribution >= 4 is 39.1 Å². The molecule has 0 spiro atoms. The number of likely N-dealkylation sites (N-methyl/N-ethyl adjacent to an activating group) is 1. The number of anilines is 1. The molecule has 2 aliphatic heterocycles. The highest BCUT2D eigenvalue weighted by molar-refractivity contribution is 7.93. The van der Waals surface area contributed by atoms with Crippen LogP contribution >= 0.6 is 11.6 Å². The van der Waals surface area contributed by atoms with Crippen LogP contribution in [-0.4, -0.2) is 91.3 Å². The number of likely N-dealkylation sites (tertiary alicyclic amines) is 1. The fraction of sp³-hybridized carbons (Fsp3) is 0.355. The predicted molar refractivity (Wildman–Crippen MR) is 164 cm³/mol. The van der Waals surface area contributed by atoms with Crippen molar-refractivity contribution in [1.29, 1.82) is 0 Å². The van der Waals surface area contributed by atoms with Gasteiger partial charge in [0.05, 0.1) is 39.2 Å². The molecule has 0 unspecified atom stereocenters. The Morgan fingerprint density at radius 3 is 2.20 bits per heavy atom. The van der Waals surface area contributed by atoms with E-state index >= 15 is 4.79 Å². The normalized spacial score (nSPS) is 21.7. The minimum Gasteiger partial charge on any atom is -0.497 e. The van der Waals surface area contributed by atoms with Crippen LogP contribution < -0.4 is 18.5 Å². The Labute approximate surface area is 261 Å². The van der Waals surface area contributed by atoms with Gasteiger partial charge in [-0.3, -0.25) is 14.5 Å². The molecule has 44 heavy (non-hydrogen) atoms. The molecule has 0 N–H and O–H groups in total. The van der Waals surface area contributed by atoms with E-state index in [1.54, 1.807) is 55.4 Å². The summed E-state index contributed by atoms with van der Waals surface area (Å²) in [7, 11) is 4.38. The lowest BCUT2D eigenvalue weighted by atomic mass is 9.81. The zero-order chi connectivity index (χ0) is 32.0. The fourth-order valence-corrected chi connectivity index (χ4v) is 7.99. The summed E-state index contributed by atoms with van der Waals surface area (Å²) in [4.78, 5) is 31.9. The summed E-state index contributed by atoms with van der Waals surface area (Å²) in [5.41, 5.74) is -1.13. The molecular formula is C31H34ClN3O8S. The second kappa shape index (κ2) is 11.9. The molecule has 0 saturated carbocycles. The van der Waals surface area contributed by atoms with Crippen LogP contribution in [0.15, 0.2) is 65.6 Å². The minimum absolute atomic E-state index is 0.0156. The van der Waals surface area contributed by atoms with E-state index in [0.717, 1.165) is 4.31 Å². The van der Waals surface area contributed by atoms with Gasteiger partial charge in [-0.1, -0.05) is 35.9 Å². The largest absolute Gasteiger partial charge is 0.497 e. The molecule has 0 bridgehead atoms. The third-order valence-electron chi connectivity index (χ3n) is 8.21. The quantitative estimate of drug-likeness (QED) is 0.345. The molecule has 0 aliphatic carbocycles. The smallest absolute Gasteiger partial charge is 0.274 e. The number of carbonyl (C=O) groups is 2. The van der Waals surface area contributed by atoms with Gasteiger partial charge in [-0.05, 0) is 30.7 Å². The molecule has 1 fully saturated rings. The van der Waals surface area contributed by atoms with Crippen LogP contribution in [0.4, 0.5) is 5.69 Å². The Bertz CT molecular complexity index is 1720. The van der Waals surface area contributed by atoms with E-state index in [2.05, 4.69) is 0 Å². The highest BCUT2D eigenvalue weighted by Crippen LogP contribution is 2.55. The summed E-state index contributed by atoms with van der Waals surface area (Å²) in [5.74, 6) is -0.422. The lowest BCUT2D eigenvalue weighted by Crippen LogP contribution is -2.59. The maximum Gasteiger partial charge on any atom is 0.274 e. The number of rotatable bonds is 9. The van der Waals surface area contributed by atoms with E-state index in [1.807, 2.05) is 0 Å². The number of amides is 2. The Kier molecular flexibility index (Phi) is 8.56. The number of nitrogens with zero attached hydrogens (tertiary/aromatic N) is 3. The number of ether oxygens (including phenoxy) is 4. The van der Waals surface area contributed by atoms with Crippen molar-refractivity contribution in [3.05, 3.63) is 76.8 Å². The van der Waals surface area contributed by atoms with E-state index < -0.39 is 33.6 Å². The van der Waals surface area contributed by atoms with Crippen LogP contribution in [0.25, 0.3) is 0 Å². The zero-order valence-electron chi connectivity index (χ0n) is 25.2. The van der Waals surface area contributed by atoms with Crippen molar-refractivity contribution in [3.8, 4) is 17.2 Å². The first kappa shape index (κ1) is 31.6. The van der Waals surface area contributed by atoms with Crippen molar-refractivity contribution in [2.75, 3.05) is 53.4 Å². The fourth-order valence-electron chi connectivity index (χ4n) is 6.13. The molecule has 3 aromatic carbocycles. The molecule has 1 saturated heterocycles. The van der Waals surface area contributed by atoms with E-state index in [4.69, 9.17) is 30.5 Å². The first-order valence-corrected chi connectivity index (χ1v) is 15.5. The summed E-state index contributed by atoms with van der Waals surface area (Å²) in [5, 5.41) is 0.223. The number of methoxy groups -OCH3 is 4. The molecule has 11 nitrogen and oxygen atoms in total. The molecule has 2 heterocycles. The van der Waals surface area contributed by atoms with Crippen molar-refractivity contribution in [3.63, 3.8) is 0 Å². The highest BCUT2D eigenvalue weighted by atomic mass is 35.5. The predicted octanol–water partition coefficient (Wildman–Crippen LogP) is 3.52. The van der Waals surface area contributed by atoms with Crippen LogP contribution in [0, 0.1) is 0 Å². The summed E-state index contributed by atoms with van der Waals surface area (Å²) in [6, 6.07) is 14.9. The van der Waals surface area contributed by atoms with Crippen LogP contribution in [0.2, 0.25) is 5.02 Å². The van der Waals surface area contributed by atoms with Gasteiger partial charge < -0.3 is 23.8 Å². The second-order valence-corrected chi connectivity index (χ2v) is 12.8. The van der Waals surface area contributed by atoms with Gasteiger partial charge in [-0.25, -0.2) is 8.42 Å². The molecule has 0 radical (unpaired) electrons. The number of hydrogen-bond donors (Lipinski definition) is 0. The Morgan fingerprint density at radius 2 is 1.59 bits per heavy atom. The van der Waals surface area contributed by atoms with Crippen molar-refractivity contribution in [2.45, 2.75) is 29.0 Å². The first-order chi connectivity index (χ1) is 21.0. The zero-order valence-corrected chi connectivity index (χ0v) is 26.8. The molecule has 5 rings (SSSR count). The number of carbonyl (C=O) groups excluding carboxylic acids is 2. The van der Waals surface area contributed by atoms with Gasteiger partial charge in [-0.2, -0.15) is 4.31 Å². The summed E-state index contributed by atoms with van der Waals surface area (Å²) in [6.07, 6.45) is -0.150. The van der Waals surface area contributed by atoms with Gasteiger partial charge in [0.15, 0.2) is 5.54 Å². The minimum atomic E-state index is -4.64. The molecule has 2 amide bonds. The monoisotopic (exact) mass is 643 g/mol. The number of hydrogen-bond acceptors (Lipinski definition) is 9. The third kappa shape index (κ3) is 4.76. The van der Waals surface area contributed by atoms with Gasteiger partial charge >= 0.3 is 0 Å². The van der Waals surface area contributed by atoms with Crippen LogP contribution in [0.5, 0.6) is 17.2 Å². The molecular weight excluding hydrogens is 610 g/mol. The van der Waals surface area contributed by atoms with Crippen LogP contribution in [0.1, 0.15) is 17.5 Å². The topological polar surface area (TPSA) is 115 Å². The Hall–Kier alpha value is -3.84. The molecule has 3 atom stereocenters.